The maximum Gasteiger partial charge on any atom is 0.307 e. The Morgan fingerprint density at radius 1 is 1.33 bits per heavy atom. The topological polar surface area (TPSA) is 77.5 Å². The predicted octanol–water partition coefficient (Wildman–Crippen LogP) is 3.50. The predicted molar refractivity (Wildman–Crippen MR) is 106 cm³/mol. The fourth-order valence-corrected chi connectivity index (χ4v) is 2.78. The fourth-order valence-electron chi connectivity index (χ4n) is 2.18. The van der Waals surface area contributed by atoms with Gasteiger partial charge in [-0.2, -0.15) is 0 Å². The molecule has 0 radical (unpaired) electrons. The number of aromatic nitrogens is 1. The summed E-state index contributed by atoms with van der Waals surface area (Å²) >= 11 is 1.59. The zero-order valence-corrected chi connectivity index (χ0v) is 16.5. The highest BCUT2D eigenvalue weighted by molar-refractivity contribution is 7.09. The van der Waals surface area contributed by atoms with Crippen molar-refractivity contribution >= 4 is 29.3 Å². The molecule has 1 amide bonds. The first-order chi connectivity index (χ1) is 12.9. The number of esters is 1. The molecule has 1 aromatic heterocycles. The summed E-state index contributed by atoms with van der Waals surface area (Å²) in [5.74, 6) is 0.116. The molecule has 0 atom stereocenters. The highest BCUT2D eigenvalue weighted by atomic mass is 32.1. The lowest BCUT2D eigenvalue weighted by Crippen LogP contribution is -2.25. The monoisotopic (exact) mass is 388 g/mol. The minimum absolute atomic E-state index is 0.150. The molecule has 0 spiro atoms. The molecular weight excluding hydrogens is 364 g/mol. The summed E-state index contributed by atoms with van der Waals surface area (Å²) in [6.45, 7) is 6.18. The number of nitrogens with zero attached hydrogens (tertiary/aromatic N) is 1. The molecule has 2 rings (SSSR count). The van der Waals surface area contributed by atoms with Crippen LogP contribution >= 0.6 is 11.3 Å². The second kappa shape index (κ2) is 10.5. The van der Waals surface area contributed by atoms with Crippen LogP contribution in [0, 0.1) is 6.92 Å². The summed E-state index contributed by atoms with van der Waals surface area (Å²) in [7, 11) is 0. The van der Waals surface area contributed by atoms with E-state index in [-0.39, 0.29) is 30.9 Å². The zero-order chi connectivity index (χ0) is 19.6. The van der Waals surface area contributed by atoms with E-state index in [0.717, 1.165) is 16.3 Å². The Morgan fingerprint density at radius 2 is 2.15 bits per heavy atom. The number of benzene rings is 1. The Morgan fingerprint density at radius 3 is 2.85 bits per heavy atom. The minimum atomic E-state index is -0.325. The van der Waals surface area contributed by atoms with Crippen LogP contribution in [-0.4, -0.2) is 29.5 Å². The van der Waals surface area contributed by atoms with E-state index in [2.05, 4.69) is 10.3 Å². The van der Waals surface area contributed by atoms with E-state index < -0.39 is 0 Å². The largest absolute Gasteiger partial charge is 0.487 e. The van der Waals surface area contributed by atoms with Crippen LogP contribution in [0.3, 0.4) is 0 Å². The van der Waals surface area contributed by atoms with Gasteiger partial charge in [-0.3, -0.25) is 9.59 Å². The van der Waals surface area contributed by atoms with E-state index in [4.69, 9.17) is 9.47 Å². The lowest BCUT2D eigenvalue weighted by atomic mass is 10.2. The minimum Gasteiger partial charge on any atom is -0.487 e. The Hall–Kier alpha value is -2.67. The van der Waals surface area contributed by atoms with Gasteiger partial charge in [0.25, 0.3) is 0 Å². The third-order valence-electron chi connectivity index (χ3n) is 3.33. The second-order valence-corrected chi connectivity index (χ2v) is 7.19. The Balaban J connectivity index is 1.78. The molecule has 144 valence electrons. The van der Waals surface area contributed by atoms with Gasteiger partial charge in [0.2, 0.25) is 5.91 Å². The van der Waals surface area contributed by atoms with E-state index in [1.54, 1.807) is 31.3 Å². The first-order valence-corrected chi connectivity index (χ1v) is 9.59. The summed E-state index contributed by atoms with van der Waals surface area (Å²) in [6.07, 6.45) is 3.12. The standard InChI is InChI=1S/C20H24N2O4S/c1-14(2)26-20(24)9-10-21-19(23)8-7-16-5-4-6-18(11-16)25-12-17-13-27-15(3)22-17/h4-8,11,13-14H,9-10,12H2,1-3H3,(H,21,23)/b8-7+. The van der Waals surface area contributed by atoms with E-state index in [9.17, 15) is 9.59 Å². The first kappa shape index (κ1) is 20.6. The number of aryl methyl sites for hydroxylation is 1. The number of nitrogens with one attached hydrogen (secondary N) is 1. The van der Waals surface area contributed by atoms with Gasteiger partial charge in [-0.25, -0.2) is 4.98 Å². The van der Waals surface area contributed by atoms with Crippen molar-refractivity contribution < 1.29 is 19.1 Å². The van der Waals surface area contributed by atoms with Crippen molar-refractivity contribution in [2.45, 2.75) is 39.9 Å². The molecular formula is C20H24N2O4S. The van der Waals surface area contributed by atoms with Crippen LogP contribution in [0.15, 0.2) is 35.7 Å². The molecule has 0 saturated heterocycles. The van der Waals surface area contributed by atoms with Gasteiger partial charge >= 0.3 is 5.97 Å². The molecule has 0 saturated carbocycles. The summed E-state index contributed by atoms with van der Waals surface area (Å²) in [6, 6.07) is 7.45. The Bertz CT molecular complexity index is 799. The number of carbonyl (C=O) groups is 2. The van der Waals surface area contributed by atoms with Crippen LogP contribution in [-0.2, 0) is 20.9 Å². The van der Waals surface area contributed by atoms with Crippen LogP contribution in [0.25, 0.3) is 6.08 Å². The Kier molecular flexibility index (Phi) is 8.00. The third kappa shape index (κ3) is 8.04. The van der Waals surface area contributed by atoms with Crippen molar-refractivity contribution in [3.8, 4) is 5.75 Å². The summed E-state index contributed by atoms with van der Waals surface area (Å²) in [5, 5.41) is 5.64. The molecule has 6 nitrogen and oxygen atoms in total. The third-order valence-corrected chi connectivity index (χ3v) is 4.16. The molecule has 0 aliphatic heterocycles. The molecule has 1 aromatic carbocycles. The molecule has 2 aromatic rings. The maximum absolute atomic E-state index is 11.8. The highest BCUT2D eigenvalue weighted by Gasteiger charge is 2.05. The number of rotatable bonds is 9. The number of thiazole rings is 1. The quantitative estimate of drug-likeness (QED) is 0.525. The Labute approximate surface area is 163 Å². The molecule has 0 aliphatic rings. The zero-order valence-electron chi connectivity index (χ0n) is 15.7. The van der Waals surface area contributed by atoms with E-state index in [1.165, 1.54) is 6.08 Å². The number of ether oxygens (including phenoxy) is 2. The first-order valence-electron chi connectivity index (χ1n) is 8.71. The van der Waals surface area contributed by atoms with Crippen molar-refractivity contribution in [1.29, 1.82) is 0 Å². The lowest BCUT2D eigenvalue weighted by molar-refractivity contribution is -0.147. The van der Waals surface area contributed by atoms with E-state index in [1.807, 2.05) is 36.6 Å². The van der Waals surface area contributed by atoms with Gasteiger partial charge in [0.05, 0.1) is 23.2 Å². The van der Waals surface area contributed by atoms with Gasteiger partial charge in [0, 0.05) is 18.0 Å². The van der Waals surface area contributed by atoms with Crippen molar-refractivity contribution in [3.05, 3.63) is 52.0 Å². The fraction of sp³-hybridized carbons (Fsp3) is 0.350. The average molecular weight is 388 g/mol. The number of carbonyl (C=O) groups excluding carboxylic acids is 2. The van der Waals surface area contributed by atoms with E-state index >= 15 is 0 Å². The lowest BCUT2D eigenvalue weighted by Gasteiger charge is -2.07. The molecule has 1 heterocycles. The number of hydrogen-bond acceptors (Lipinski definition) is 6. The van der Waals surface area contributed by atoms with Gasteiger partial charge in [-0.1, -0.05) is 12.1 Å². The summed E-state index contributed by atoms with van der Waals surface area (Å²) < 4.78 is 10.7. The van der Waals surface area contributed by atoms with Crippen LogP contribution in [0.1, 0.15) is 36.5 Å². The van der Waals surface area contributed by atoms with Gasteiger partial charge in [-0.15, -0.1) is 11.3 Å². The molecule has 0 fully saturated rings. The van der Waals surface area contributed by atoms with Crippen molar-refractivity contribution in [3.63, 3.8) is 0 Å². The average Bonchev–Trinajstić information content (AvgIpc) is 3.03. The van der Waals surface area contributed by atoms with Crippen molar-refractivity contribution in [1.82, 2.24) is 10.3 Å². The molecule has 7 heteroatoms. The van der Waals surface area contributed by atoms with Crippen molar-refractivity contribution in [2.24, 2.45) is 0 Å². The van der Waals surface area contributed by atoms with Crippen LogP contribution in [0.2, 0.25) is 0 Å². The van der Waals surface area contributed by atoms with Crippen molar-refractivity contribution in [2.75, 3.05) is 6.54 Å². The van der Waals surface area contributed by atoms with Crippen LogP contribution in [0.5, 0.6) is 5.75 Å². The van der Waals surface area contributed by atoms with Crippen LogP contribution in [0.4, 0.5) is 0 Å². The molecule has 1 N–H and O–H groups in total. The van der Waals surface area contributed by atoms with E-state index in [0.29, 0.717) is 12.4 Å². The SMILES string of the molecule is Cc1nc(COc2cccc(/C=C/C(=O)NCCC(=O)OC(C)C)c2)cs1. The van der Waals surface area contributed by atoms with Gasteiger partial charge in [-0.05, 0) is 44.5 Å². The molecule has 0 unspecified atom stereocenters. The smallest absolute Gasteiger partial charge is 0.307 e. The molecule has 0 aliphatic carbocycles. The van der Waals surface area contributed by atoms with Gasteiger partial charge in [0.15, 0.2) is 0 Å². The molecule has 27 heavy (non-hydrogen) atoms. The van der Waals surface area contributed by atoms with Gasteiger partial charge in [0.1, 0.15) is 12.4 Å². The number of hydrogen-bond donors (Lipinski definition) is 1. The highest BCUT2D eigenvalue weighted by Crippen LogP contribution is 2.17. The van der Waals surface area contributed by atoms with Crippen LogP contribution < -0.4 is 10.1 Å². The normalized spacial score (nSPS) is 11.0. The second-order valence-electron chi connectivity index (χ2n) is 6.13. The summed E-state index contributed by atoms with van der Waals surface area (Å²) in [4.78, 5) is 27.6. The molecule has 0 bridgehead atoms. The summed E-state index contributed by atoms with van der Waals surface area (Å²) in [5.41, 5.74) is 1.74. The number of amides is 1. The van der Waals surface area contributed by atoms with Gasteiger partial charge < -0.3 is 14.8 Å². The maximum atomic E-state index is 11.8.